The summed E-state index contributed by atoms with van der Waals surface area (Å²) >= 11 is 0. The third-order valence-corrected chi connectivity index (χ3v) is 4.09. The van der Waals surface area contributed by atoms with Crippen LogP contribution >= 0.6 is 0 Å². The summed E-state index contributed by atoms with van der Waals surface area (Å²) in [4.78, 5) is 0. The fraction of sp³-hybridized carbons (Fsp3) is 0.222. The second-order valence-corrected chi connectivity index (χ2v) is 5.20. The first-order chi connectivity index (χ1) is 9.90. The molecule has 100 valence electrons. The molecule has 1 saturated heterocycles. The van der Waals surface area contributed by atoms with Gasteiger partial charge in [-0.3, -0.25) is 0 Å². The van der Waals surface area contributed by atoms with Gasteiger partial charge in [-0.05, 0) is 11.1 Å². The van der Waals surface area contributed by atoms with Crippen molar-refractivity contribution in [1.29, 1.82) is 0 Å². The molecule has 0 amide bonds. The van der Waals surface area contributed by atoms with E-state index in [9.17, 15) is 0 Å². The highest BCUT2D eigenvalue weighted by molar-refractivity contribution is 5.61. The third kappa shape index (κ3) is 1.65. The minimum Gasteiger partial charge on any atom is -0.343 e. The molecule has 20 heavy (non-hydrogen) atoms. The lowest BCUT2D eigenvalue weighted by Crippen LogP contribution is -2.36. The van der Waals surface area contributed by atoms with Crippen molar-refractivity contribution >= 4 is 6.08 Å². The van der Waals surface area contributed by atoms with Crippen LogP contribution in [-0.4, -0.2) is 13.2 Å². The van der Waals surface area contributed by atoms with Gasteiger partial charge in [-0.15, -0.1) is 0 Å². The molecule has 2 nitrogen and oxygen atoms in total. The molecule has 1 fully saturated rings. The van der Waals surface area contributed by atoms with Crippen molar-refractivity contribution in [3.63, 3.8) is 0 Å². The van der Waals surface area contributed by atoms with Gasteiger partial charge in [0.05, 0.1) is 19.1 Å². The molecule has 0 radical (unpaired) electrons. The molecule has 1 aliphatic carbocycles. The molecule has 4 rings (SSSR count). The summed E-state index contributed by atoms with van der Waals surface area (Å²) in [6.07, 6.45) is 4.37. The lowest BCUT2D eigenvalue weighted by atomic mass is 9.79. The summed E-state index contributed by atoms with van der Waals surface area (Å²) in [7, 11) is 0. The summed E-state index contributed by atoms with van der Waals surface area (Å²) in [5.74, 6) is -0.562. The Morgan fingerprint density at radius 2 is 1.55 bits per heavy atom. The fourth-order valence-electron chi connectivity index (χ4n) is 3.21. The van der Waals surface area contributed by atoms with E-state index in [1.807, 2.05) is 12.1 Å². The number of benzene rings is 2. The molecular weight excluding hydrogens is 248 g/mol. The van der Waals surface area contributed by atoms with Gasteiger partial charge in [0.25, 0.3) is 0 Å². The van der Waals surface area contributed by atoms with Crippen molar-refractivity contribution in [2.24, 2.45) is 0 Å². The molecule has 0 aromatic heterocycles. The van der Waals surface area contributed by atoms with E-state index in [2.05, 4.69) is 54.6 Å². The topological polar surface area (TPSA) is 18.5 Å². The van der Waals surface area contributed by atoms with Crippen LogP contribution in [0.15, 0.2) is 60.7 Å². The Kier molecular flexibility index (Phi) is 2.72. The van der Waals surface area contributed by atoms with E-state index in [-0.39, 0.29) is 5.92 Å². The van der Waals surface area contributed by atoms with Gasteiger partial charge >= 0.3 is 0 Å². The first-order valence-corrected chi connectivity index (χ1v) is 7.01. The number of hydrogen-bond acceptors (Lipinski definition) is 2. The lowest BCUT2D eigenvalue weighted by Gasteiger charge is -2.38. The summed E-state index contributed by atoms with van der Waals surface area (Å²) < 4.78 is 12.2. The van der Waals surface area contributed by atoms with E-state index in [1.165, 1.54) is 11.1 Å². The standard InChI is InChI=1S/C18H16O2/c1-2-6-14(7-3-1)17-11-10-15-8-4-5-9-16(15)18(17)19-12-13-20-18/h1-11,17H,12-13H2. The molecule has 2 aromatic carbocycles. The largest absolute Gasteiger partial charge is 0.343 e. The van der Waals surface area contributed by atoms with Crippen molar-refractivity contribution in [2.45, 2.75) is 11.7 Å². The first kappa shape index (κ1) is 11.9. The highest BCUT2D eigenvalue weighted by atomic mass is 16.7. The predicted octanol–water partition coefficient (Wildman–Crippen LogP) is 3.70. The van der Waals surface area contributed by atoms with Crippen LogP contribution in [0.4, 0.5) is 0 Å². The molecular formula is C18H16O2. The Labute approximate surface area is 118 Å². The van der Waals surface area contributed by atoms with Gasteiger partial charge in [-0.1, -0.05) is 66.7 Å². The second-order valence-electron chi connectivity index (χ2n) is 5.20. The van der Waals surface area contributed by atoms with Gasteiger partial charge in [0, 0.05) is 5.56 Å². The van der Waals surface area contributed by atoms with Gasteiger partial charge in [0.1, 0.15) is 0 Å². The van der Waals surface area contributed by atoms with Gasteiger partial charge < -0.3 is 9.47 Å². The quantitative estimate of drug-likeness (QED) is 0.782. The van der Waals surface area contributed by atoms with E-state index in [4.69, 9.17) is 9.47 Å². The van der Waals surface area contributed by atoms with Crippen molar-refractivity contribution < 1.29 is 9.47 Å². The van der Waals surface area contributed by atoms with E-state index in [0.29, 0.717) is 13.2 Å². The maximum Gasteiger partial charge on any atom is 0.206 e. The van der Waals surface area contributed by atoms with Gasteiger partial charge in [0.2, 0.25) is 5.79 Å². The van der Waals surface area contributed by atoms with Crippen molar-refractivity contribution in [1.82, 2.24) is 0 Å². The minimum absolute atomic E-state index is 0.0982. The van der Waals surface area contributed by atoms with E-state index >= 15 is 0 Å². The number of fused-ring (bicyclic) bond motifs is 2. The monoisotopic (exact) mass is 264 g/mol. The zero-order chi connectivity index (χ0) is 13.4. The van der Waals surface area contributed by atoms with Gasteiger partial charge in [0.15, 0.2) is 0 Å². The number of hydrogen-bond donors (Lipinski definition) is 0. The highest BCUT2D eigenvalue weighted by Crippen LogP contribution is 2.48. The molecule has 1 atom stereocenters. The van der Waals surface area contributed by atoms with E-state index in [1.54, 1.807) is 0 Å². The Morgan fingerprint density at radius 3 is 2.35 bits per heavy atom. The minimum atomic E-state index is -0.660. The van der Waals surface area contributed by atoms with Crippen molar-refractivity contribution in [3.8, 4) is 0 Å². The average molecular weight is 264 g/mol. The molecule has 1 unspecified atom stereocenters. The van der Waals surface area contributed by atoms with Crippen molar-refractivity contribution in [2.75, 3.05) is 13.2 Å². The van der Waals surface area contributed by atoms with Crippen LogP contribution in [-0.2, 0) is 15.3 Å². The summed E-state index contributed by atoms with van der Waals surface area (Å²) in [5, 5.41) is 0. The van der Waals surface area contributed by atoms with Crippen LogP contribution in [0, 0.1) is 0 Å². The number of rotatable bonds is 1. The Morgan fingerprint density at radius 1 is 0.850 bits per heavy atom. The van der Waals surface area contributed by atoms with Gasteiger partial charge in [-0.25, -0.2) is 0 Å². The summed E-state index contributed by atoms with van der Waals surface area (Å²) in [5.41, 5.74) is 3.54. The highest BCUT2D eigenvalue weighted by Gasteiger charge is 2.48. The smallest absolute Gasteiger partial charge is 0.206 e. The molecule has 1 heterocycles. The second kappa shape index (κ2) is 4.58. The van der Waals surface area contributed by atoms with Crippen LogP contribution in [0.1, 0.15) is 22.6 Å². The first-order valence-electron chi connectivity index (χ1n) is 7.01. The molecule has 2 heteroatoms. The maximum absolute atomic E-state index is 6.10. The summed E-state index contributed by atoms with van der Waals surface area (Å²) in [6, 6.07) is 18.7. The number of ether oxygens (including phenoxy) is 2. The van der Waals surface area contributed by atoms with Crippen LogP contribution in [0.5, 0.6) is 0 Å². The van der Waals surface area contributed by atoms with Crippen LogP contribution in [0.2, 0.25) is 0 Å². The summed E-state index contributed by atoms with van der Waals surface area (Å²) in [6.45, 7) is 1.29. The van der Waals surface area contributed by atoms with E-state index < -0.39 is 5.79 Å². The maximum atomic E-state index is 6.10. The lowest BCUT2D eigenvalue weighted by molar-refractivity contribution is -0.176. The molecule has 0 saturated carbocycles. The predicted molar refractivity (Wildman–Crippen MR) is 78.2 cm³/mol. The van der Waals surface area contributed by atoms with E-state index in [0.717, 1.165) is 5.56 Å². The van der Waals surface area contributed by atoms with Crippen LogP contribution < -0.4 is 0 Å². The van der Waals surface area contributed by atoms with Crippen molar-refractivity contribution in [3.05, 3.63) is 77.4 Å². The average Bonchev–Trinajstić information content (AvgIpc) is 2.99. The molecule has 1 aliphatic heterocycles. The molecule has 0 bridgehead atoms. The Bertz CT molecular complexity index is 639. The Hall–Kier alpha value is -1.90. The Balaban J connectivity index is 1.89. The van der Waals surface area contributed by atoms with Crippen LogP contribution in [0.25, 0.3) is 6.08 Å². The third-order valence-electron chi connectivity index (χ3n) is 4.09. The zero-order valence-corrected chi connectivity index (χ0v) is 11.2. The zero-order valence-electron chi connectivity index (χ0n) is 11.2. The fourth-order valence-corrected chi connectivity index (χ4v) is 3.21. The SMILES string of the molecule is C1=CC(c2ccccc2)C2(OCCO2)c2ccccc21. The van der Waals surface area contributed by atoms with Gasteiger partial charge in [-0.2, -0.15) is 0 Å². The molecule has 2 aliphatic rings. The van der Waals surface area contributed by atoms with Crippen LogP contribution in [0.3, 0.4) is 0 Å². The normalized spacial score (nSPS) is 22.9. The molecule has 0 N–H and O–H groups in total. The molecule has 2 aromatic rings. The molecule has 1 spiro atoms.